The van der Waals surface area contributed by atoms with Crippen molar-refractivity contribution < 1.29 is 9.68 Å². The van der Waals surface area contributed by atoms with E-state index in [0.29, 0.717) is 0 Å². The molecule has 2 aromatic rings. The highest BCUT2D eigenvalue weighted by Crippen LogP contribution is 2.31. The number of phenolic OH excluding ortho intramolecular Hbond substituents is 1. The normalized spacial score (nSPS) is 13.1. The van der Waals surface area contributed by atoms with Gasteiger partial charge >= 0.3 is 0 Å². The Bertz CT molecular complexity index is 890. The average molecular weight is 345 g/mol. The van der Waals surface area contributed by atoms with Crippen LogP contribution in [-0.4, -0.2) is 43.6 Å². The summed E-state index contributed by atoms with van der Waals surface area (Å²) in [7, 11) is 8.16. The first kappa shape index (κ1) is 17.7. The molecule has 3 nitrogen and oxygen atoms in total. The van der Waals surface area contributed by atoms with Crippen LogP contribution in [0.15, 0.2) is 78.4 Å². The van der Waals surface area contributed by atoms with E-state index < -0.39 is 0 Å². The fourth-order valence-corrected chi connectivity index (χ4v) is 2.98. The summed E-state index contributed by atoms with van der Waals surface area (Å²) in [5, 5.41) is 9.65. The topological polar surface area (TPSA) is 26.5 Å². The van der Waals surface area contributed by atoms with Gasteiger partial charge in [0, 0.05) is 31.9 Å². The van der Waals surface area contributed by atoms with E-state index in [1.165, 1.54) is 11.4 Å². The molecule has 0 amide bonds. The Kier molecular flexibility index (Phi) is 5.08. The van der Waals surface area contributed by atoms with Crippen LogP contribution in [0.3, 0.4) is 0 Å². The predicted molar refractivity (Wildman–Crippen MR) is 110 cm³/mol. The molecule has 0 fully saturated rings. The molecule has 1 aliphatic rings. The number of nitrogens with zero attached hydrogens (tertiary/aromatic N) is 2. The zero-order chi connectivity index (χ0) is 18.7. The van der Waals surface area contributed by atoms with Crippen molar-refractivity contribution in [2.45, 2.75) is 0 Å². The second-order valence-electron chi connectivity index (χ2n) is 6.80. The van der Waals surface area contributed by atoms with Crippen molar-refractivity contribution in [3.63, 3.8) is 0 Å². The third-order valence-electron chi connectivity index (χ3n) is 4.50. The summed E-state index contributed by atoms with van der Waals surface area (Å²) >= 11 is 0. The van der Waals surface area contributed by atoms with Gasteiger partial charge in [-0.25, -0.2) is 4.58 Å². The van der Waals surface area contributed by atoms with E-state index in [1.807, 2.05) is 40.3 Å². The van der Waals surface area contributed by atoms with Gasteiger partial charge in [-0.2, -0.15) is 0 Å². The largest absolute Gasteiger partial charge is 0.508 e. The highest BCUT2D eigenvalue weighted by molar-refractivity contribution is 6.03. The van der Waals surface area contributed by atoms with Gasteiger partial charge < -0.3 is 10.0 Å². The summed E-state index contributed by atoms with van der Waals surface area (Å²) in [6, 6.07) is 16.0. The van der Waals surface area contributed by atoms with Crippen molar-refractivity contribution in [1.29, 1.82) is 0 Å². The molecule has 1 aliphatic carbocycles. The zero-order valence-corrected chi connectivity index (χ0v) is 15.8. The fourth-order valence-electron chi connectivity index (χ4n) is 2.98. The van der Waals surface area contributed by atoms with Crippen molar-refractivity contribution >= 4 is 17.0 Å². The van der Waals surface area contributed by atoms with E-state index >= 15 is 0 Å². The quantitative estimate of drug-likeness (QED) is 0.848. The van der Waals surface area contributed by atoms with Crippen LogP contribution in [0.5, 0.6) is 5.75 Å². The average Bonchev–Trinajstić information content (AvgIpc) is 2.64. The number of aromatic hydroxyl groups is 1. The molecule has 26 heavy (non-hydrogen) atoms. The van der Waals surface area contributed by atoms with Gasteiger partial charge in [0.1, 0.15) is 19.8 Å². The minimum atomic E-state index is 0.277. The SMILES string of the molecule is CN(C)c1ccc(C(=C2C=CC(=[N+](C)C)C=C2)c2ccc(O)cc2)cc1. The molecule has 1 N–H and O–H groups in total. The van der Waals surface area contributed by atoms with Crippen molar-refractivity contribution in [2.24, 2.45) is 0 Å². The molecule has 0 atom stereocenters. The molecule has 3 heteroatoms. The Morgan fingerprint density at radius 1 is 0.769 bits per heavy atom. The standard InChI is InChI=1S/C23H24N2O/c1-24(2)20-11-5-17(6-12-20)23(19-9-15-22(26)16-10-19)18-7-13-21(14-8-18)25(3)4/h5-16H,1-4H3/p+1. The summed E-state index contributed by atoms with van der Waals surface area (Å²) in [4.78, 5) is 2.09. The van der Waals surface area contributed by atoms with Crippen LogP contribution in [0.25, 0.3) is 5.57 Å². The lowest BCUT2D eigenvalue weighted by Crippen LogP contribution is -2.10. The minimum Gasteiger partial charge on any atom is -0.508 e. The summed E-state index contributed by atoms with van der Waals surface area (Å²) in [5.74, 6) is 0.277. The second kappa shape index (κ2) is 7.44. The van der Waals surface area contributed by atoms with Crippen LogP contribution in [0.2, 0.25) is 0 Å². The number of allylic oxidation sites excluding steroid dienone is 5. The maximum absolute atomic E-state index is 9.65. The van der Waals surface area contributed by atoms with Crippen LogP contribution in [0.1, 0.15) is 11.1 Å². The van der Waals surface area contributed by atoms with Gasteiger partial charge in [0.15, 0.2) is 5.71 Å². The monoisotopic (exact) mass is 345 g/mol. The van der Waals surface area contributed by atoms with E-state index in [9.17, 15) is 5.11 Å². The first-order valence-corrected chi connectivity index (χ1v) is 8.67. The van der Waals surface area contributed by atoms with Gasteiger partial charge in [0.05, 0.1) is 0 Å². The molecule has 0 aliphatic heterocycles. The van der Waals surface area contributed by atoms with Crippen molar-refractivity contribution in [1.82, 2.24) is 0 Å². The van der Waals surface area contributed by atoms with Crippen LogP contribution in [-0.2, 0) is 0 Å². The Hall–Kier alpha value is -3.07. The lowest BCUT2D eigenvalue weighted by Gasteiger charge is -2.16. The Labute approximate surface area is 155 Å². The second-order valence-corrected chi connectivity index (χ2v) is 6.80. The summed E-state index contributed by atoms with van der Waals surface area (Å²) in [6.07, 6.45) is 8.56. The van der Waals surface area contributed by atoms with Crippen molar-refractivity contribution in [2.75, 3.05) is 33.1 Å². The summed E-state index contributed by atoms with van der Waals surface area (Å²) < 4.78 is 2.09. The summed E-state index contributed by atoms with van der Waals surface area (Å²) in [6.45, 7) is 0. The zero-order valence-electron chi connectivity index (χ0n) is 15.8. The molecule has 0 saturated carbocycles. The number of anilines is 1. The van der Waals surface area contributed by atoms with Crippen molar-refractivity contribution in [3.05, 3.63) is 89.5 Å². The first-order valence-electron chi connectivity index (χ1n) is 8.67. The number of hydrogen-bond donors (Lipinski definition) is 1. The van der Waals surface area contributed by atoms with Crippen LogP contribution in [0, 0.1) is 0 Å². The molecule has 0 saturated heterocycles. The molecule has 132 valence electrons. The molecular formula is C23H25N2O+. The van der Waals surface area contributed by atoms with E-state index in [0.717, 1.165) is 22.3 Å². The molecule has 2 aromatic carbocycles. The van der Waals surface area contributed by atoms with Crippen molar-refractivity contribution in [3.8, 4) is 5.75 Å². The van der Waals surface area contributed by atoms with Crippen LogP contribution < -0.4 is 4.90 Å². The molecule has 0 spiro atoms. The first-order chi connectivity index (χ1) is 12.5. The highest BCUT2D eigenvalue weighted by Gasteiger charge is 2.13. The molecule has 0 bridgehead atoms. The summed E-state index contributed by atoms with van der Waals surface area (Å²) in [5.41, 5.74) is 6.87. The molecule has 0 aromatic heterocycles. The maximum Gasteiger partial charge on any atom is 0.199 e. The lowest BCUT2D eigenvalue weighted by molar-refractivity contribution is -0.462. The van der Waals surface area contributed by atoms with E-state index in [2.05, 4.69) is 58.0 Å². The number of phenols is 1. The van der Waals surface area contributed by atoms with Gasteiger partial charge in [-0.15, -0.1) is 0 Å². The van der Waals surface area contributed by atoms with Crippen LogP contribution in [0.4, 0.5) is 5.69 Å². The number of benzene rings is 2. The van der Waals surface area contributed by atoms with E-state index in [1.54, 1.807) is 12.1 Å². The Morgan fingerprint density at radius 2 is 1.27 bits per heavy atom. The Morgan fingerprint density at radius 3 is 1.73 bits per heavy atom. The minimum absolute atomic E-state index is 0.277. The molecule has 3 rings (SSSR count). The molecule has 0 heterocycles. The van der Waals surface area contributed by atoms with Crippen LogP contribution >= 0.6 is 0 Å². The number of hydrogen-bond acceptors (Lipinski definition) is 2. The molecule has 0 unspecified atom stereocenters. The van der Waals surface area contributed by atoms with Gasteiger partial charge in [-0.1, -0.05) is 24.3 Å². The van der Waals surface area contributed by atoms with Gasteiger partial charge in [-0.05, 0) is 58.7 Å². The van der Waals surface area contributed by atoms with Gasteiger partial charge in [-0.3, -0.25) is 0 Å². The lowest BCUT2D eigenvalue weighted by atomic mass is 9.90. The predicted octanol–water partition coefficient (Wildman–Crippen LogP) is 4.10. The smallest absolute Gasteiger partial charge is 0.199 e. The van der Waals surface area contributed by atoms with Gasteiger partial charge in [0.25, 0.3) is 0 Å². The molecular weight excluding hydrogens is 320 g/mol. The van der Waals surface area contributed by atoms with E-state index in [-0.39, 0.29) is 5.75 Å². The fraction of sp³-hybridized carbons (Fsp3) is 0.174. The highest BCUT2D eigenvalue weighted by atomic mass is 16.3. The third kappa shape index (κ3) is 3.77. The maximum atomic E-state index is 9.65. The molecule has 0 radical (unpaired) electrons. The number of rotatable bonds is 3. The van der Waals surface area contributed by atoms with Gasteiger partial charge in [0.2, 0.25) is 0 Å². The van der Waals surface area contributed by atoms with E-state index in [4.69, 9.17) is 0 Å². The third-order valence-corrected chi connectivity index (χ3v) is 4.50. The Balaban J connectivity index is 2.13.